The minimum atomic E-state index is -2.31. The Bertz CT molecular complexity index is 2360. The van der Waals surface area contributed by atoms with Gasteiger partial charge in [0.05, 0.1) is 27.8 Å². The fraction of sp³-hybridized carbons (Fsp3) is 0.0270. The standard InChI is InChI=1S/C37H26N4O/c1-25-23-38-37(22-32(25)26-10-3-2-4-11-26)41-34-16-7-5-14-30(34)31-19-18-29(21-36(31)41)42-28-13-9-12-27(20-28)40-24-39-33-15-6-8-17-35(33)40/h2-24H,1H3/i1D3. The Morgan fingerprint density at radius 1 is 0.643 bits per heavy atom. The molecule has 8 rings (SSSR count). The number of pyridine rings is 1. The minimum Gasteiger partial charge on any atom is -0.457 e. The van der Waals surface area contributed by atoms with Gasteiger partial charge in [-0.25, -0.2) is 9.97 Å². The summed E-state index contributed by atoms with van der Waals surface area (Å²) in [5.74, 6) is 1.99. The van der Waals surface area contributed by atoms with Crippen LogP contribution in [0.4, 0.5) is 0 Å². The Morgan fingerprint density at radius 3 is 2.33 bits per heavy atom. The molecular formula is C37H26N4O. The fourth-order valence-corrected chi connectivity index (χ4v) is 5.68. The Balaban J connectivity index is 1.25. The molecule has 3 aromatic heterocycles. The maximum Gasteiger partial charge on any atom is 0.138 e. The largest absolute Gasteiger partial charge is 0.457 e. The minimum absolute atomic E-state index is 0.216. The number of imidazole rings is 1. The van der Waals surface area contributed by atoms with Gasteiger partial charge in [0.25, 0.3) is 0 Å². The van der Waals surface area contributed by atoms with Crippen LogP contribution in [-0.2, 0) is 0 Å². The summed E-state index contributed by atoms with van der Waals surface area (Å²) in [7, 11) is 0. The smallest absolute Gasteiger partial charge is 0.138 e. The van der Waals surface area contributed by atoms with Crippen LogP contribution < -0.4 is 4.74 Å². The molecule has 0 atom stereocenters. The molecule has 3 heterocycles. The van der Waals surface area contributed by atoms with Crippen molar-refractivity contribution in [3.05, 3.63) is 145 Å². The van der Waals surface area contributed by atoms with Crippen LogP contribution in [0.15, 0.2) is 140 Å². The molecule has 0 spiro atoms. The highest BCUT2D eigenvalue weighted by atomic mass is 16.5. The van der Waals surface area contributed by atoms with Crippen LogP contribution in [-0.4, -0.2) is 19.1 Å². The van der Waals surface area contributed by atoms with Crippen LogP contribution in [0.25, 0.3) is 55.5 Å². The molecule has 8 aromatic rings. The zero-order valence-corrected chi connectivity index (χ0v) is 22.5. The van der Waals surface area contributed by atoms with Crippen molar-refractivity contribution >= 4 is 32.8 Å². The van der Waals surface area contributed by atoms with Gasteiger partial charge in [-0.1, -0.05) is 66.7 Å². The number of hydrogen-bond acceptors (Lipinski definition) is 3. The molecule has 0 saturated heterocycles. The molecule has 0 unspecified atom stereocenters. The van der Waals surface area contributed by atoms with E-state index >= 15 is 0 Å². The Morgan fingerprint density at radius 2 is 1.43 bits per heavy atom. The van der Waals surface area contributed by atoms with E-state index in [1.165, 1.54) is 6.20 Å². The van der Waals surface area contributed by atoms with Crippen molar-refractivity contribution in [2.24, 2.45) is 0 Å². The first-order chi connectivity index (χ1) is 21.9. The van der Waals surface area contributed by atoms with Crippen molar-refractivity contribution in [1.29, 1.82) is 0 Å². The summed E-state index contributed by atoms with van der Waals surface area (Å²) in [6.07, 6.45) is 3.30. The quantitative estimate of drug-likeness (QED) is 0.216. The van der Waals surface area contributed by atoms with Gasteiger partial charge in [0.1, 0.15) is 23.6 Å². The molecule has 0 aliphatic heterocycles. The number of ether oxygens (including phenoxy) is 1. The van der Waals surface area contributed by atoms with Gasteiger partial charge in [0, 0.05) is 33.2 Å². The van der Waals surface area contributed by atoms with E-state index in [4.69, 9.17) is 13.8 Å². The lowest BCUT2D eigenvalue weighted by Crippen LogP contribution is -1.99. The summed E-state index contributed by atoms with van der Waals surface area (Å²) < 4.78 is 35.1. The van der Waals surface area contributed by atoms with Crippen molar-refractivity contribution in [2.45, 2.75) is 6.85 Å². The molecule has 0 amide bonds. The highest BCUT2D eigenvalue weighted by molar-refractivity contribution is 6.09. The second-order valence-corrected chi connectivity index (χ2v) is 10.2. The first kappa shape index (κ1) is 21.1. The number of fused-ring (bicyclic) bond motifs is 4. The van der Waals surface area contributed by atoms with E-state index in [9.17, 15) is 0 Å². The predicted molar refractivity (Wildman–Crippen MR) is 170 cm³/mol. The Kier molecular flexibility index (Phi) is 4.90. The van der Waals surface area contributed by atoms with E-state index in [2.05, 4.69) is 27.8 Å². The SMILES string of the molecule is [2H]C([2H])([2H])c1cnc(-n2c3ccccc3c3ccc(Oc4cccc(-n5cnc6ccccc65)c4)cc32)cc1-c1ccccc1. The average molecular weight is 546 g/mol. The van der Waals surface area contributed by atoms with Crippen molar-refractivity contribution in [2.75, 3.05) is 0 Å². The van der Waals surface area contributed by atoms with Crippen LogP contribution in [0.3, 0.4) is 0 Å². The number of aryl methyl sites for hydroxylation is 1. The zero-order valence-electron chi connectivity index (χ0n) is 25.5. The molecule has 200 valence electrons. The van der Waals surface area contributed by atoms with Gasteiger partial charge in [0.2, 0.25) is 0 Å². The van der Waals surface area contributed by atoms with Crippen molar-refractivity contribution in [3.63, 3.8) is 0 Å². The lowest BCUT2D eigenvalue weighted by Gasteiger charge is -2.12. The number of nitrogens with zero attached hydrogens (tertiary/aromatic N) is 4. The van der Waals surface area contributed by atoms with Crippen LogP contribution >= 0.6 is 0 Å². The molecule has 42 heavy (non-hydrogen) atoms. The van der Waals surface area contributed by atoms with E-state index in [-0.39, 0.29) is 5.56 Å². The third kappa shape index (κ3) is 4.02. The molecule has 0 N–H and O–H groups in total. The van der Waals surface area contributed by atoms with E-state index in [1.807, 2.05) is 120 Å². The van der Waals surface area contributed by atoms with E-state index in [1.54, 1.807) is 0 Å². The summed E-state index contributed by atoms with van der Waals surface area (Å²) >= 11 is 0. The van der Waals surface area contributed by atoms with Crippen LogP contribution in [0, 0.1) is 6.85 Å². The first-order valence-electron chi connectivity index (χ1n) is 15.2. The summed E-state index contributed by atoms with van der Waals surface area (Å²) in [6, 6.07) is 41.6. The number of hydrogen-bond donors (Lipinski definition) is 0. The molecule has 5 heteroatoms. The predicted octanol–water partition coefficient (Wildman–Crippen LogP) is 9.29. The normalized spacial score (nSPS) is 12.8. The molecule has 5 aromatic carbocycles. The second-order valence-electron chi connectivity index (χ2n) is 10.2. The van der Waals surface area contributed by atoms with E-state index in [0.29, 0.717) is 22.9 Å². The summed E-state index contributed by atoms with van der Waals surface area (Å²) in [5.41, 5.74) is 6.43. The number of aromatic nitrogens is 4. The topological polar surface area (TPSA) is 44.9 Å². The lowest BCUT2D eigenvalue weighted by molar-refractivity contribution is 0.483. The molecular weight excluding hydrogens is 516 g/mol. The van der Waals surface area contributed by atoms with Crippen LogP contribution in [0.5, 0.6) is 11.5 Å². The summed E-state index contributed by atoms with van der Waals surface area (Å²) in [5, 5.41) is 2.11. The number of para-hydroxylation sites is 3. The van der Waals surface area contributed by atoms with Gasteiger partial charge in [-0.15, -0.1) is 0 Å². The molecule has 0 saturated carbocycles. The van der Waals surface area contributed by atoms with Crippen molar-refractivity contribution < 1.29 is 8.85 Å². The first-order valence-corrected chi connectivity index (χ1v) is 13.7. The van der Waals surface area contributed by atoms with E-state index in [0.717, 1.165) is 44.1 Å². The zero-order chi connectivity index (χ0) is 30.5. The maximum absolute atomic E-state index is 8.17. The maximum atomic E-state index is 8.17. The fourth-order valence-electron chi connectivity index (χ4n) is 5.68. The van der Waals surface area contributed by atoms with Crippen LogP contribution in [0.2, 0.25) is 0 Å². The van der Waals surface area contributed by atoms with Crippen molar-refractivity contribution in [3.8, 4) is 34.1 Å². The van der Waals surface area contributed by atoms with E-state index < -0.39 is 6.85 Å². The number of benzene rings is 5. The Hall–Kier alpha value is -5.68. The van der Waals surface area contributed by atoms with Gasteiger partial charge in [-0.05, 0) is 72.1 Å². The average Bonchev–Trinajstić information content (AvgIpc) is 3.64. The third-order valence-electron chi connectivity index (χ3n) is 7.63. The molecule has 0 aliphatic rings. The number of rotatable bonds is 5. The third-order valence-corrected chi connectivity index (χ3v) is 7.63. The molecule has 0 fully saturated rings. The second kappa shape index (κ2) is 9.75. The summed E-state index contributed by atoms with van der Waals surface area (Å²) in [4.78, 5) is 9.23. The van der Waals surface area contributed by atoms with Gasteiger partial charge in [-0.2, -0.15) is 0 Å². The van der Waals surface area contributed by atoms with Gasteiger partial charge >= 0.3 is 0 Å². The molecule has 0 bridgehead atoms. The van der Waals surface area contributed by atoms with Gasteiger partial charge < -0.3 is 4.74 Å². The van der Waals surface area contributed by atoms with Crippen LogP contribution in [0.1, 0.15) is 9.68 Å². The summed E-state index contributed by atoms with van der Waals surface area (Å²) in [6.45, 7) is -2.31. The van der Waals surface area contributed by atoms with Gasteiger partial charge in [0.15, 0.2) is 0 Å². The molecule has 5 nitrogen and oxygen atoms in total. The highest BCUT2D eigenvalue weighted by Crippen LogP contribution is 2.36. The van der Waals surface area contributed by atoms with Crippen molar-refractivity contribution in [1.82, 2.24) is 19.1 Å². The lowest BCUT2D eigenvalue weighted by atomic mass is 10.0. The van der Waals surface area contributed by atoms with Gasteiger partial charge in [-0.3, -0.25) is 9.13 Å². The molecule has 0 radical (unpaired) electrons. The monoisotopic (exact) mass is 545 g/mol. The molecule has 0 aliphatic carbocycles. The highest BCUT2D eigenvalue weighted by Gasteiger charge is 2.16. The Labute approximate surface area is 247 Å².